The summed E-state index contributed by atoms with van der Waals surface area (Å²) in [5.74, 6) is 0.185. The van der Waals surface area contributed by atoms with E-state index in [0.29, 0.717) is 31.7 Å². The molecular formula is C22H26N2O2. The maximum absolute atomic E-state index is 12.7. The van der Waals surface area contributed by atoms with Gasteiger partial charge in [0.25, 0.3) is 5.91 Å². The average molecular weight is 350 g/mol. The third-order valence-corrected chi connectivity index (χ3v) is 4.73. The molecule has 0 aliphatic carbocycles. The Labute approximate surface area is 155 Å². The van der Waals surface area contributed by atoms with Gasteiger partial charge in [0.15, 0.2) is 0 Å². The van der Waals surface area contributed by atoms with Crippen LogP contribution in [0.2, 0.25) is 0 Å². The Bertz CT molecular complexity index is 768. The standard InChI is InChI=1S/C22H26N2O2/c1-22(2,3)21(26)24-15-13-23(14-16-24)20(25)19-11-9-18(10-12-19)17-7-5-4-6-8-17/h4-12H,13-16H2,1-3H3. The Hall–Kier alpha value is -2.62. The lowest BCUT2D eigenvalue weighted by molar-refractivity contribution is -0.140. The van der Waals surface area contributed by atoms with E-state index in [0.717, 1.165) is 11.1 Å². The number of piperazine rings is 1. The summed E-state index contributed by atoms with van der Waals surface area (Å²) in [5, 5.41) is 0. The Morgan fingerprint density at radius 3 is 1.77 bits per heavy atom. The molecule has 1 saturated heterocycles. The number of hydrogen-bond donors (Lipinski definition) is 0. The molecule has 2 amide bonds. The van der Waals surface area contributed by atoms with Gasteiger partial charge in [-0.1, -0.05) is 63.2 Å². The van der Waals surface area contributed by atoms with Crippen molar-refractivity contribution >= 4 is 11.8 Å². The molecule has 0 atom stereocenters. The molecule has 2 aromatic rings. The summed E-state index contributed by atoms with van der Waals surface area (Å²) in [4.78, 5) is 28.8. The van der Waals surface area contributed by atoms with Crippen LogP contribution >= 0.6 is 0 Å². The highest BCUT2D eigenvalue weighted by Gasteiger charge is 2.31. The van der Waals surface area contributed by atoms with Gasteiger partial charge in [-0.3, -0.25) is 9.59 Å². The molecule has 0 bridgehead atoms. The summed E-state index contributed by atoms with van der Waals surface area (Å²) in [7, 11) is 0. The highest BCUT2D eigenvalue weighted by atomic mass is 16.2. The fourth-order valence-corrected chi connectivity index (χ4v) is 3.21. The summed E-state index contributed by atoms with van der Waals surface area (Å²) in [6, 6.07) is 17.9. The first kappa shape index (κ1) is 18.2. The Balaban J connectivity index is 1.63. The van der Waals surface area contributed by atoms with Crippen LogP contribution in [0.1, 0.15) is 31.1 Å². The first-order valence-corrected chi connectivity index (χ1v) is 9.10. The van der Waals surface area contributed by atoms with Crippen LogP contribution in [0.4, 0.5) is 0 Å². The van der Waals surface area contributed by atoms with Gasteiger partial charge in [0.05, 0.1) is 0 Å². The summed E-state index contributed by atoms with van der Waals surface area (Å²) in [6.45, 7) is 8.17. The number of carbonyl (C=O) groups excluding carboxylic acids is 2. The fraction of sp³-hybridized carbons (Fsp3) is 0.364. The lowest BCUT2D eigenvalue weighted by Crippen LogP contribution is -2.53. The van der Waals surface area contributed by atoms with Crippen molar-refractivity contribution in [2.75, 3.05) is 26.2 Å². The Morgan fingerprint density at radius 2 is 1.23 bits per heavy atom. The van der Waals surface area contributed by atoms with Crippen LogP contribution in [0.25, 0.3) is 11.1 Å². The molecule has 0 spiro atoms. The normalized spacial score (nSPS) is 15.0. The molecule has 1 aliphatic heterocycles. The van der Waals surface area contributed by atoms with Gasteiger partial charge >= 0.3 is 0 Å². The molecule has 1 heterocycles. The van der Waals surface area contributed by atoms with Gasteiger partial charge < -0.3 is 9.80 Å². The zero-order chi connectivity index (χ0) is 18.7. The molecule has 4 nitrogen and oxygen atoms in total. The molecule has 0 unspecified atom stereocenters. The molecular weight excluding hydrogens is 324 g/mol. The molecule has 3 rings (SSSR count). The smallest absolute Gasteiger partial charge is 0.253 e. The highest BCUT2D eigenvalue weighted by Crippen LogP contribution is 2.21. The largest absolute Gasteiger partial charge is 0.339 e. The van der Waals surface area contributed by atoms with Crippen molar-refractivity contribution in [2.45, 2.75) is 20.8 Å². The number of amides is 2. The second-order valence-corrected chi connectivity index (χ2v) is 7.78. The zero-order valence-electron chi connectivity index (χ0n) is 15.7. The van der Waals surface area contributed by atoms with Crippen molar-refractivity contribution in [3.05, 3.63) is 60.2 Å². The van der Waals surface area contributed by atoms with Crippen LogP contribution in [0.5, 0.6) is 0 Å². The second kappa shape index (κ2) is 7.32. The van der Waals surface area contributed by atoms with E-state index in [4.69, 9.17) is 0 Å². The third-order valence-electron chi connectivity index (χ3n) is 4.73. The lowest BCUT2D eigenvalue weighted by Gasteiger charge is -2.37. The van der Waals surface area contributed by atoms with Crippen LogP contribution < -0.4 is 0 Å². The van der Waals surface area contributed by atoms with E-state index < -0.39 is 0 Å². The molecule has 4 heteroatoms. The predicted octanol–water partition coefficient (Wildman–Crippen LogP) is 3.68. The maximum Gasteiger partial charge on any atom is 0.253 e. The number of hydrogen-bond acceptors (Lipinski definition) is 2. The van der Waals surface area contributed by atoms with Gasteiger partial charge in [-0.15, -0.1) is 0 Å². The first-order chi connectivity index (χ1) is 12.4. The van der Waals surface area contributed by atoms with Crippen LogP contribution in [-0.4, -0.2) is 47.8 Å². The highest BCUT2D eigenvalue weighted by molar-refractivity contribution is 5.95. The van der Waals surface area contributed by atoms with Crippen molar-refractivity contribution in [1.82, 2.24) is 9.80 Å². The summed E-state index contributed by atoms with van der Waals surface area (Å²) in [5.41, 5.74) is 2.56. The molecule has 26 heavy (non-hydrogen) atoms. The van der Waals surface area contributed by atoms with E-state index in [9.17, 15) is 9.59 Å². The minimum Gasteiger partial charge on any atom is -0.339 e. The molecule has 0 saturated carbocycles. The Morgan fingerprint density at radius 1 is 0.731 bits per heavy atom. The van der Waals surface area contributed by atoms with Crippen molar-refractivity contribution in [3.8, 4) is 11.1 Å². The SMILES string of the molecule is CC(C)(C)C(=O)N1CCN(C(=O)c2ccc(-c3ccccc3)cc2)CC1. The molecule has 1 aliphatic rings. The van der Waals surface area contributed by atoms with E-state index in [1.807, 2.05) is 73.0 Å². The molecule has 136 valence electrons. The third kappa shape index (κ3) is 3.96. The van der Waals surface area contributed by atoms with E-state index in [1.165, 1.54) is 0 Å². The monoisotopic (exact) mass is 350 g/mol. The van der Waals surface area contributed by atoms with Crippen LogP contribution in [0, 0.1) is 5.41 Å². The molecule has 1 fully saturated rings. The van der Waals surface area contributed by atoms with E-state index >= 15 is 0 Å². The number of nitrogens with zero attached hydrogens (tertiary/aromatic N) is 2. The first-order valence-electron chi connectivity index (χ1n) is 9.10. The second-order valence-electron chi connectivity index (χ2n) is 7.78. The molecule has 0 radical (unpaired) electrons. The fourth-order valence-electron chi connectivity index (χ4n) is 3.21. The van der Waals surface area contributed by atoms with Crippen molar-refractivity contribution in [3.63, 3.8) is 0 Å². The van der Waals surface area contributed by atoms with E-state index in [1.54, 1.807) is 0 Å². The summed E-state index contributed by atoms with van der Waals surface area (Å²) < 4.78 is 0. The predicted molar refractivity (Wildman–Crippen MR) is 104 cm³/mol. The molecule has 0 N–H and O–H groups in total. The van der Waals surface area contributed by atoms with Gasteiger partial charge in [-0.25, -0.2) is 0 Å². The number of benzene rings is 2. The zero-order valence-corrected chi connectivity index (χ0v) is 15.7. The Kier molecular flexibility index (Phi) is 5.12. The maximum atomic E-state index is 12.7. The number of carbonyl (C=O) groups is 2. The van der Waals surface area contributed by atoms with Gasteiger partial charge in [-0.2, -0.15) is 0 Å². The van der Waals surface area contributed by atoms with E-state index in [2.05, 4.69) is 12.1 Å². The summed E-state index contributed by atoms with van der Waals surface area (Å²) in [6.07, 6.45) is 0. The van der Waals surface area contributed by atoms with Gasteiger partial charge in [0.2, 0.25) is 5.91 Å². The lowest BCUT2D eigenvalue weighted by atomic mass is 9.94. The molecule has 0 aromatic heterocycles. The average Bonchev–Trinajstić information content (AvgIpc) is 2.67. The van der Waals surface area contributed by atoms with Crippen molar-refractivity contribution < 1.29 is 9.59 Å². The van der Waals surface area contributed by atoms with Crippen LogP contribution in [0.3, 0.4) is 0 Å². The minimum atomic E-state index is -0.376. The molecule has 2 aromatic carbocycles. The van der Waals surface area contributed by atoms with Gasteiger partial charge in [0.1, 0.15) is 0 Å². The minimum absolute atomic E-state index is 0.0347. The quantitative estimate of drug-likeness (QED) is 0.829. The van der Waals surface area contributed by atoms with E-state index in [-0.39, 0.29) is 17.2 Å². The van der Waals surface area contributed by atoms with Gasteiger partial charge in [-0.05, 0) is 23.3 Å². The van der Waals surface area contributed by atoms with Crippen LogP contribution in [-0.2, 0) is 4.79 Å². The van der Waals surface area contributed by atoms with Crippen molar-refractivity contribution in [1.29, 1.82) is 0 Å². The van der Waals surface area contributed by atoms with Crippen LogP contribution in [0.15, 0.2) is 54.6 Å². The van der Waals surface area contributed by atoms with Gasteiger partial charge in [0, 0.05) is 37.2 Å². The van der Waals surface area contributed by atoms with Crippen molar-refractivity contribution in [2.24, 2.45) is 5.41 Å². The topological polar surface area (TPSA) is 40.6 Å². The number of rotatable bonds is 2. The summed E-state index contributed by atoms with van der Waals surface area (Å²) >= 11 is 0.